The quantitative estimate of drug-likeness (QED) is 0.822. The van der Waals surface area contributed by atoms with E-state index in [1.54, 1.807) is 0 Å². The fourth-order valence-corrected chi connectivity index (χ4v) is 2.16. The molecule has 112 valence electrons. The fraction of sp³-hybridized carbons (Fsp3) is 0.333. The lowest BCUT2D eigenvalue weighted by molar-refractivity contribution is -0.142. The summed E-state index contributed by atoms with van der Waals surface area (Å²) in [6, 6.07) is 4.24. The van der Waals surface area contributed by atoms with Crippen molar-refractivity contribution in [3.05, 3.63) is 40.7 Å². The molecule has 0 radical (unpaired) electrons. The minimum absolute atomic E-state index is 0.120. The van der Waals surface area contributed by atoms with Gasteiger partial charge in [0.15, 0.2) is 0 Å². The zero-order chi connectivity index (χ0) is 15.4. The number of carbonyl (C=O) groups excluding carboxylic acids is 1. The number of nitrogens with zero attached hydrogens (tertiary/aromatic N) is 1. The minimum Gasteiger partial charge on any atom is -0.480 e. The third-order valence-electron chi connectivity index (χ3n) is 3.21. The lowest BCUT2D eigenvalue weighted by Gasteiger charge is -2.18. The van der Waals surface area contributed by atoms with E-state index in [1.807, 2.05) is 0 Å². The van der Waals surface area contributed by atoms with Crippen LogP contribution in [-0.4, -0.2) is 35.0 Å². The Bertz CT molecular complexity index is 564. The van der Waals surface area contributed by atoms with Gasteiger partial charge in [0.25, 0.3) is 0 Å². The van der Waals surface area contributed by atoms with E-state index >= 15 is 0 Å². The highest BCUT2D eigenvalue weighted by atomic mass is 35.5. The van der Waals surface area contributed by atoms with Crippen LogP contribution in [0.3, 0.4) is 0 Å². The molecule has 0 atom stereocenters. The van der Waals surface area contributed by atoms with Crippen LogP contribution < -0.4 is 0 Å². The van der Waals surface area contributed by atoms with E-state index in [2.05, 4.69) is 0 Å². The highest BCUT2D eigenvalue weighted by Crippen LogP contribution is 2.29. The molecule has 0 spiro atoms. The standard InChI is InChI=1S/C15H15ClFNO3/c16-12-2-1-3-13(17)11(12)6-7-14(19)18(9-15(20)21)8-10-4-5-10/h1-3,6-7,10H,4-5,8-9H2,(H,20,21)/b7-6+. The highest BCUT2D eigenvalue weighted by Gasteiger charge is 2.27. The van der Waals surface area contributed by atoms with Crippen LogP contribution in [0.5, 0.6) is 0 Å². The van der Waals surface area contributed by atoms with Gasteiger partial charge in [0, 0.05) is 18.2 Å². The van der Waals surface area contributed by atoms with Gasteiger partial charge in [-0.15, -0.1) is 0 Å². The average molecular weight is 312 g/mol. The molecule has 0 saturated heterocycles. The molecule has 1 amide bonds. The lowest BCUT2D eigenvalue weighted by Crippen LogP contribution is -2.36. The second-order valence-corrected chi connectivity index (χ2v) is 5.43. The van der Waals surface area contributed by atoms with Crippen LogP contribution in [0.2, 0.25) is 5.02 Å². The summed E-state index contributed by atoms with van der Waals surface area (Å²) < 4.78 is 13.6. The summed E-state index contributed by atoms with van der Waals surface area (Å²) in [5, 5.41) is 9.04. The van der Waals surface area contributed by atoms with Crippen LogP contribution in [0, 0.1) is 11.7 Å². The van der Waals surface area contributed by atoms with E-state index in [0.717, 1.165) is 18.9 Å². The van der Waals surface area contributed by atoms with Crippen molar-refractivity contribution in [2.75, 3.05) is 13.1 Å². The number of hydrogen-bond donors (Lipinski definition) is 1. The predicted octanol–water partition coefficient (Wildman–Crippen LogP) is 2.82. The van der Waals surface area contributed by atoms with E-state index in [-0.39, 0.29) is 17.1 Å². The Morgan fingerprint density at radius 1 is 1.43 bits per heavy atom. The molecular weight excluding hydrogens is 297 g/mol. The molecule has 0 heterocycles. The zero-order valence-corrected chi connectivity index (χ0v) is 12.0. The number of rotatable bonds is 6. The van der Waals surface area contributed by atoms with Gasteiger partial charge in [0.2, 0.25) is 5.91 Å². The first-order chi connectivity index (χ1) is 9.97. The Morgan fingerprint density at radius 3 is 2.71 bits per heavy atom. The molecule has 0 aromatic heterocycles. The maximum atomic E-state index is 13.6. The smallest absolute Gasteiger partial charge is 0.323 e. The van der Waals surface area contributed by atoms with E-state index in [1.165, 1.54) is 29.2 Å². The number of carboxylic acids is 1. The van der Waals surface area contributed by atoms with Crippen molar-refractivity contribution in [2.24, 2.45) is 5.92 Å². The van der Waals surface area contributed by atoms with E-state index in [0.29, 0.717) is 12.5 Å². The molecule has 1 fully saturated rings. The van der Waals surface area contributed by atoms with Crippen molar-refractivity contribution < 1.29 is 19.1 Å². The largest absolute Gasteiger partial charge is 0.480 e. The summed E-state index contributed by atoms with van der Waals surface area (Å²) in [6.07, 6.45) is 4.45. The molecular formula is C15H15ClFNO3. The van der Waals surface area contributed by atoms with Gasteiger partial charge in [-0.2, -0.15) is 0 Å². The predicted molar refractivity (Wildman–Crippen MR) is 77.4 cm³/mol. The summed E-state index contributed by atoms with van der Waals surface area (Å²) in [5.41, 5.74) is 0.120. The van der Waals surface area contributed by atoms with Crippen LogP contribution >= 0.6 is 11.6 Å². The van der Waals surface area contributed by atoms with Gasteiger partial charge in [0.05, 0.1) is 5.02 Å². The van der Waals surface area contributed by atoms with Gasteiger partial charge in [-0.3, -0.25) is 9.59 Å². The van der Waals surface area contributed by atoms with Crippen molar-refractivity contribution in [2.45, 2.75) is 12.8 Å². The Labute approximate surface area is 126 Å². The molecule has 1 aromatic carbocycles. The number of amides is 1. The maximum Gasteiger partial charge on any atom is 0.323 e. The van der Waals surface area contributed by atoms with Gasteiger partial charge in [-0.25, -0.2) is 4.39 Å². The van der Waals surface area contributed by atoms with Crippen molar-refractivity contribution >= 4 is 29.6 Å². The molecule has 2 rings (SSSR count). The van der Waals surface area contributed by atoms with Crippen molar-refractivity contribution in [1.82, 2.24) is 4.90 Å². The second-order valence-electron chi connectivity index (χ2n) is 5.02. The summed E-state index contributed by atoms with van der Waals surface area (Å²) in [4.78, 5) is 24.1. The van der Waals surface area contributed by atoms with Crippen LogP contribution in [-0.2, 0) is 9.59 Å². The number of halogens is 2. The SMILES string of the molecule is O=C(O)CN(CC1CC1)C(=O)/C=C/c1c(F)cccc1Cl. The number of carbonyl (C=O) groups is 2. The Hall–Kier alpha value is -1.88. The topological polar surface area (TPSA) is 57.6 Å². The Morgan fingerprint density at radius 2 is 2.14 bits per heavy atom. The summed E-state index contributed by atoms with van der Waals surface area (Å²) in [5.74, 6) is -1.68. The minimum atomic E-state index is -1.07. The second kappa shape index (κ2) is 6.72. The molecule has 4 nitrogen and oxygen atoms in total. The third kappa shape index (κ3) is 4.56. The van der Waals surface area contributed by atoms with Gasteiger partial charge in [-0.1, -0.05) is 17.7 Å². The molecule has 1 saturated carbocycles. The van der Waals surface area contributed by atoms with Gasteiger partial charge < -0.3 is 10.0 Å². The number of carboxylic acid groups (broad SMARTS) is 1. The van der Waals surface area contributed by atoms with Crippen molar-refractivity contribution in [3.8, 4) is 0 Å². The van der Waals surface area contributed by atoms with E-state index < -0.39 is 17.7 Å². The molecule has 1 aliphatic rings. The van der Waals surface area contributed by atoms with Crippen LogP contribution in [0.4, 0.5) is 4.39 Å². The highest BCUT2D eigenvalue weighted by molar-refractivity contribution is 6.32. The van der Waals surface area contributed by atoms with Crippen molar-refractivity contribution in [1.29, 1.82) is 0 Å². The van der Waals surface area contributed by atoms with Crippen LogP contribution in [0.25, 0.3) is 6.08 Å². The van der Waals surface area contributed by atoms with E-state index in [4.69, 9.17) is 16.7 Å². The molecule has 1 N–H and O–H groups in total. The number of benzene rings is 1. The van der Waals surface area contributed by atoms with Crippen molar-refractivity contribution in [3.63, 3.8) is 0 Å². The first kappa shape index (κ1) is 15.5. The normalized spacial score (nSPS) is 14.4. The maximum absolute atomic E-state index is 13.6. The average Bonchev–Trinajstić information content (AvgIpc) is 3.20. The van der Waals surface area contributed by atoms with Crippen LogP contribution in [0.15, 0.2) is 24.3 Å². The zero-order valence-electron chi connectivity index (χ0n) is 11.3. The first-order valence-corrected chi connectivity index (χ1v) is 6.98. The lowest BCUT2D eigenvalue weighted by atomic mass is 10.2. The molecule has 6 heteroatoms. The monoisotopic (exact) mass is 311 g/mol. The van der Waals surface area contributed by atoms with Gasteiger partial charge in [-0.05, 0) is 37.0 Å². The van der Waals surface area contributed by atoms with E-state index in [9.17, 15) is 14.0 Å². The summed E-state index contributed by atoms with van der Waals surface area (Å²) in [6.45, 7) is 0.0607. The molecule has 21 heavy (non-hydrogen) atoms. The summed E-state index contributed by atoms with van der Waals surface area (Å²) >= 11 is 5.86. The Kier molecular flexibility index (Phi) is 4.96. The van der Waals surface area contributed by atoms with Gasteiger partial charge in [0.1, 0.15) is 12.4 Å². The number of hydrogen-bond acceptors (Lipinski definition) is 2. The van der Waals surface area contributed by atoms with Gasteiger partial charge >= 0.3 is 5.97 Å². The molecule has 0 unspecified atom stereocenters. The van der Waals surface area contributed by atoms with Crippen LogP contribution in [0.1, 0.15) is 18.4 Å². The fourth-order valence-electron chi connectivity index (χ4n) is 1.94. The molecule has 1 aliphatic carbocycles. The number of aliphatic carboxylic acids is 1. The molecule has 0 bridgehead atoms. The third-order valence-corrected chi connectivity index (χ3v) is 3.54. The first-order valence-electron chi connectivity index (χ1n) is 6.60. The molecule has 0 aliphatic heterocycles. The summed E-state index contributed by atoms with van der Waals surface area (Å²) in [7, 11) is 0. The molecule has 1 aromatic rings. The Balaban J connectivity index is 2.09.